The van der Waals surface area contributed by atoms with Crippen LogP contribution in [0.3, 0.4) is 0 Å². The zero-order valence-corrected chi connectivity index (χ0v) is 5.86. The molecule has 0 aromatic heterocycles. The van der Waals surface area contributed by atoms with Crippen molar-refractivity contribution >= 4 is 0 Å². The molecule has 1 atom stereocenters. The molecule has 0 radical (unpaired) electrons. The summed E-state index contributed by atoms with van der Waals surface area (Å²) >= 11 is 0. The van der Waals surface area contributed by atoms with Gasteiger partial charge in [0.05, 0.1) is 0 Å². The topological polar surface area (TPSA) is 12.0 Å². The van der Waals surface area contributed by atoms with Crippen LogP contribution in [-0.2, 0) is 0 Å². The standard InChI is InChI=1S/C7H14FN/c1-9-5-7(8)4-6-2-3-6/h6-7,9H,2-5H2,1H3. The molecule has 1 saturated carbocycles. The molecule has 0 spiro atoms. The van der Waals surface area contributed by atoms with E-state index in [9.17, 15) is 4.39 Å². The molecule has 1 unspecified atom stereocenters. The molecule has 1 rings (SSSR count). The van der Waals surface area contributed by atoms with Gasteiger partial charge in [0.15, 0.2) is 0 Å². The molecule has 1 N–H and O–H groups in total. The number of nitrogens with one attached hydrogen (secondary N) is 1. The van der Waals surface area contributed by atoms with Crippen molar-refractivity contribution in [3.63, 3.8) is 0 Å². The molecule has 0 bridgehead atoms. The van der Waals surface area contributed by atoms with Crippen LogP contribution in [0, 0.1) is 5.92 Å². The van der Waals surface area contributed by atoms with Crippen LogP contribution in [0.4, 0.5) is 4.39 Å². The summed E-state index contributed by atoms with van der Waals surface area (Å²) in [7, 11) is 1.79. The van der Waals surface area contributed by atoms with E-state index in [1.54, 1.807) is 7.05 Å². The van der Waals surface area contributed by atoms with E-state index < -0.39 is 6.17 Å². The van der Waals surface area contributed by atoms with Crippen LogP contribution in [0.1, 0.15) is 19.3 Å². The first-order valence-electron chi connectivity index (χ1n) is 3.61. The maximum absolute atomic E-state index is 12.6. The Labute approximate surface area is 55.6 Å². The van der Waals surface area contributed by atoms with E-state index in [0.29, 0.717) is 12.5 Å². The third kappa shape index (κ3) is 2.80. The van der Waals surface area contributed by atoms with Crippen molar-refractivity contribution in [3.8, 4) is 0 Å². The van der Waals surface area contributed by atoms with Crippen LogP contribution in [0.15, 0.2) is 0 Å². The van der Waals surface area contributed by atoms with Gasteiger partial charge in [-0.2, -0.15) is 0 Å². The van der Waals surface area contributed by atoms with Crippen LogP contribution in [0.25, 0.3) is 0 Å². The van der Waals surface area contributed by atoms with Gasteiger partial charge in [-0.25, -0.2) is 4.39 Å². The molecule has 0 saturated heterocycles. The molecule has 1 nitrogen and oxygen atoms in total. The SMILES string of the molecule is CNCC(F)CC1CC1. The van der Waals surface area contributed by atoms with Gasteiger partial charge in [0.2, 0.25) is 0 Å². The Hall–Kier alpha value is -0.110. The summed E-state index contributed by atoms with van der Waals surface area (Å²) in [4.78, 5) is 0. The predicted molar refractivity (Wildman–Crippen MR) is 36.2 cm³/mol. The quantitative estimate of drug-likeness (QED) is 0.607. The first-order valence-corrected chi connectivity index (χ1v) is 3.61. The molecule has 0 aromatic carbocycles. The fraction of sp³-hybridized carbons (Fsp3) is 1.00. The minimum Gasteiger partial charge on any atom is -0.317 e. The number of rotatable bonds is 4. The molecule has 1 aliphatic carbocycles. The van der Waals surface area contributed by atoms with Crippen LogP contribution in [0.5, 0.6) is 0 Å². The van der Waals surface area contributed by atoms with Gasteiger partial charge in [-0.05, 0) is 19.4 Å². The highest BCUT2D eigenvalue weighted by atomic mass is 19.1. The lowest BCUT2D eigenvalue weighted by atomic mass is 10.2. The van der Waals surface area contributed by atoms with Crippen molar-refractivity contribution in [2.24, 2.45) is 5.92 Å². The molecule has 9 heavy (non-hydrogen) atoms. The Morgan fingerprint density at radius 3 is 2.78 bits per heavy atom. The zero-order valence-electron chi connectivity index (χ0n) is 5.86. The molecule has 54 valence electrons. The third-order valence-corrected chi connectivity index (χ3v) is 1.71. The molecule has 0 aromatic rings. The number of alkyl halides is 1. The highest BCUT2D eigenvalue weighted by molar-refractivity contribution is 4.77. The largest absolute Gasteiger partial charge is 0.317 e. The lowest BCUT2D eigenvalue weighted by Gasteiger charge is -2.04. The zero-order chi connectivity index (χ0) is 6.69. The highest BCUT2D eigenvalue weighted by Gasteiger charge is 2.24. The Morgan fingerprint density at radius 2 is 2.33 bits per heavy atom. The second-order valence-electron chi connectivity index (χ2n) is 2.83. The van der Waals surface area contributed by atoms with E-state index in [1.165, 1.54) is 12.8 Å². The summed E-state index contributed by atoms with van der Waals surface area (Å²) in [6.45, 7) is 0.524. The van der Waals surface area contributed by atoms with E-state index in [0.717, 1.165) is 6.42 Å². The Kier molecular flexibility index (Phi) is 2.46. The normalized spacial score (nSPS) is 22.0. The fourth-order valence-corrected chi connectivity index (χ4v) is 1.02. The first-order chi connectivity index (χ1) is 4.33. The number of hydrogen-bond acceptors (Lipinski definition) is 1. The fourth-order valence-electron chi connectivity index (χ4n) is 1.02. The third-order valence-electron chi connectivity index (χ3n) is 1.71. The summed E-state index contributed by atoms with van der Waals surface area (Å²) in [5.74, 6) is 0.716. The Balaban J connectivity index is 1.95. The summed E-state index contributed by atoms with van der Waals surface area (Å²) in [6, 6.07) is 0. The molecular formula is C7H14FN. The van der Waals surface area contributed by atoms with Crippen LogP contribution in [-0.4, -0.2) is 19.8 Å². The number of halogens is 1. The summed E-state index contributed by atoms with van der Waals surface area (Å²) < 4.78 is 12.6. The Bertz CT molecular complexity index is 81.0. The first kappa shape index (κ1) is 7.00. The average Bonchev–Trinajstić information content (AvgIpc) is 2.50. The molecular weight excluding hydrogens is 117 g/mol. The summed E-state index contributed by atoms with van der Waals surface area (Å²) in [5, 5.41) is 2.83. The maximum Gasteiger partial charge on any atom is 0.113 e. The van der Waals surface area contributed by atoms with Gasteiger partial charge < -0.3 is 5.32 Å². The van der Waals surface area contributed by atoms with Crippen molar-refractivity contribution < 1.29 is 4.39 Å². The second-order valence-corrected chi connectivity index (χ2v) is 2.83. The molecule has 1 aliphatic rings. The van der Waals surface area contributed by atoms with Crippen molar-refractivity contribution in [3.05, 3.63) is 0 Å². The van der Waals surface area contributed by atoms with Crippen LogP contribution >= 0.6 is 0 Å². The van der Waals surface area contributed by atoms with Gasteiger partial charge in [-0.1, -0.05) is 12.8 Å². The van der Waals surface area contributed by atoms with Gasteiger partial charge in [0.1, 0.15) is 6.17 Å². The van der Waals surface area contributed by atoms with Gasteiger partial charge in [-0.15, -0.1) is 0 Å². The predicted octanol–water partition coefficient (Wildman–Crippen LogP) is 1.34. The van der Waals surface area contributed by atoms with Crippen molar-refractivity contribution in [1.29, 1.82) is 0 Å². The van der Waals surface area contributed by atoms with Gasteiger partial charge in [0, 0.05) is 6.54 Å². The van der Waals surface area contributed by atoms with E-state index in [1.807, 2.05) is 0 Å². The molecule has 0 aliphatic heterocycles. The van der Waals surface area contributed by atoms with E-state index in [-0.39, 0.29) is 0 Å². The minimum atomic E-state index is -0.609. The monoisotopic (exact) mass is 131 g/mol. The maximum atomic E-state index is 12.6. The smallest absolute Gasteiger partial charge is 0.113 e. The lowest BCUT2D eigenvalue weighted by Crippen LogP contribution is -2.19. The van der Waals surface area contributed by atoms with Gasteiger partial charge in [0.25, 0.3) is 0 Å². The average molecular weight is 131 g/mol. The van der Waals surface area contributed by atoms with E-state index >= 15 is 0 Å². The lowest BCUT2D eigenvalue weighted by molar-refractivity contribution is 0.295. The molecule has 2 heteroatoms. The van der Waals surface area contributed by atoms with Crippen molar-refractivity contribution in [2.75, 3.05) is 13.6 Å². The molecule has 1 fully saturated rings. The van der Waals surface area contributed by atoms with E-state index in [4.69, 9.17) is 0 Å². The molecule has 0 heterocycles. The Morgan fingerprint density at radius 1 is 1.67 bits per heavy atom. The van der Waals surface area contributed by atoms with Gasteiger partial charge >= 0.3 is 0 Å². The van der Waals surface area contributed by atoms with Gasteiger partial charge in [-0.3, -0.25) is 0 Å². The second kappa shape index (κ2) is 3.16. The van der Waals surface area contributed by atoms with Crippen LogP contribution in [0.2, 0.25) is 0 Å². The van der Waals surface area contributed by atoms with Crippen molar-refractivity contribution in [1.82, 2.24) is 5.32 Å². The number of hydrogen-bond donors (Lipinski definition) is 1. The highest BCUT2D eigenvalue weighted by Crippen LogP contribution is 2.33. The summed E-state index contributed by atoms with van der Waals surface area (Å²) in [6.07, 6.45) is 2.68. The van der Waals surface area contributed by atoms with E-state index in [2.05, 4.69) is 5.32 Å². The molecule has 0 amide bonds. The summed E-state index contributed by atoms with van der Waals surface area (Å²) in [5.41, 5.74) is 0. The van der Waals surface area contributed by atoms with Crippen molar-refractivity contribution in [2.45, 2.75) is 25.4 Å². The van der Waals surface area contributed by atoms with Crippen LogP contribution < -0.4 is 5.32 Å². The minimum absolute atomic E-state index is 0.524.